The van der Waals surface area contributed by atoms with Crippen LogP contribution in [0.15, 0.2) is 48.5 Å². The van der Waals surface area contributed by atoms with Crippen LogP contribution in [0.25, 0.3) is 0 Å². The fourth-order valence-electron chi connectivity index (χ4n) is 3.44. The fraction of sp³-hybridized carbons (Fsp3) is 0.273. The summed E-state index contributed by atoms with van der Waals surface area (Å²) in [5.74, 6) is -0.989. The molecule has 32 heavy (non-hydrogen) atoms. The molecule has 10 heteroatoms. The van der Waals surface area contributed by atoms with E-state index in [0.29, 0.717) is 22.7 Å². The lowest BCUT2D eigenvalue weighted by Crippen LogP contribution is -2.42. The number of hydrogen-bond donors (Lipinski definition) is 2. The normalized spacial score (nSPS) is 20.0. The minimum atomic E-state index is -1.29. The minimum Gasteiger partial charge on any atom is -0.454 e. The lowest BCUT2D eigenvalue weighted by molar-refractivity contribution is -0.155. The van der Waals surface area contributed by atoms with E-state index in [9.17, 15) is 19.2 Å². The number of nitrogens with one attached hydrogen (secondary N) is 2. The van der Waals surface area contributed by atoms with Crippen molar-refractivity contribution in [2.75, 3.05) is 18.7 Å². The number of amides is 4. The highest BCUT2D eigenvalue weighted by Crippen LogP contribution is 2.34. The Morgan fingerprint density at radius 1 is 1.16 bits per heavy atom. The van der Waals surface area contributed by atoms with Crippen molar-refractivity contribution in [1.82, 2.24) is 10.2 Å². The van der Waals surface area contributed by atoms with Gasteiger partial charge in [0.1, 0.15) is 12.1 Å². The van der Waals surface area contributed by atoms with Crippen molar-refractivity contribution in [3.63, 3.8) is 0 Å². The van der Waals surface area contributed by atoms with Crippen LogP contribution >= 0.6 is 0 Å². The number of ether oxygens (including phenoxy) is 3. The molecule has 1 saturated heterocycles. The fourth-order valence-corrected chi connectivity index (χ4v) is 3.44. The van der Waals surface area contributed by atoms with E-state index in [1.807, 2.05) is 0 Å². The van der Waals surface area contributed by atoms with E-state index in [-0.39, 0.29) is 6.79 Å². The number of carbonyl (C=O) groups is 4. The molecule has 0 radical (unpaired) electrons. The van der Waals surface area contributed by atoms with E-state index in [4.69, 9.17) is 14.2 Å². The van der Waals surface area contributed by atoms with Crippen LogP contribution in [0, 0.1) is 0 Å². The third-order valence-electron chi connectivity index (χ3n) is 5.23. The second kappa shape index (κ2) is 8.22. The molecule has 4 amide bonds. The van der Waals surface area contributed by atoms with Gasteiger partial charge in [-0.05, 0) is 31.5 Å². The third-order valence-corrected chi connectivity index (χ3v) is 5.23. The summed E-state index contributed by atoms with van der Waals surface area (Å²) >= 11 is 0. The average molecular weight is 439 g/mol. The molecule has 0 aromatic heterocycles. The van der Waals surface area contributed by atoms with Gasteiger partial charge in [-0.1, -0.05) is 30.3 Å². The van der Waals surface area contributed by atoms with Crippen LogP contribution in [-0.4, -0.2) is 48.2 Å². The Morgan fingerprint density at radius 3 is 2.62 bits per heavy atom. The van der Waals surface area contributed by atoms with Gasteiger partial charge >= 0.3 is 12.0 Å². The second-order valence-corrected chi connectivity index (χ2v) is 7.50. The van der Waals surface area contributed by atoms with Gasteiger partial charge in [0.2, 0.25) is 6.79 Å². The molecule has 0 aliphatic carbocycles. The third kappa shape index (κ3) is 3.94. The number of rotatable bonds is 6. The van der Waals surface area contributed by atoms with Crippen LogP contribution in [0.3, 0.4) is 0 Å². The summed E-state index contributed by atoms with van der Waals surface area (Å²) in [4.78, 5) is 50.7. The smallest absolute Gasteiger partial charge is 0.327 e. The highest BCUT2D eigenvalue weighted by Gasteiger charge is 2.49. The molecule has 1 fully saturated rings. The molecule has 2 N–H and O–H groups in total. The van der Waals surface area contributed by atoms with Crippen LogP contribution in [0.4, 0.5) is 10.5 Å². The molecule has 2 aromatic carbocycles. The Hall–Kier alpha value is -4.08. The molecule has 0 spiro atoms. The van der Waals surface area contributed by atoms with Crippen LogP contribution in [0.5, 0.6) is 11.5 Å². The number of esters is 1. The summed E-state index contributed by atoms with van der Waals surface area (Å²) < 4.78 is 15.6. The van der Waals surface area contributed by atoms with Gasteiger partial charge in [0.05, 0.1) is 0 Å². The van der Waals surface area contributed by atoms with E-state index in [2.05, 4.69) is 10.6 Å². The monoisotopic (exact) mass is 439 g/mol. The predicted octanol–water partition coefficient (Wildman–Crippen LogP) is 1.75. The molecule has 2 heterocycles. The van der Waals surface area contributed by atoms with Crippen molar-refractivity contribution < 1.29 is 33.4 Å². The largest absolute Gasteiger partial charge is 0.454 e. The van der Waals surface area contributed by atoms with E-state index in [1.165, 1.54) is 6.92 Å². The summed E-state index contributed by atoms with van der Waals surface area (Å²) in [6.07, 6.45) is -1.16. The summed E-state index contributed by atoms with van der Waals surface area (Å²) in [7, 11) is 0. The predicted molar refractivity (Wildman–Crippen MR) is 111 cm³/mol. The number of benzene rings is 2. The Kier molecular flexibility index (Phi) is 5.43. The van der Waals surface area contributed by atoms with Crippen molar-refractivity contribution in [2.24, 2.45) is 0 Å². The highest BCUT2D eigenvalue weighted by molar-refractivity contribution is 6.09. The molecule has 2 atom stereocenters. The number of nitrogens with zero attached hydrogens (tertiary/aromatic N) is 1. The van der Waals surface area contributed by atoms with Crippen molar-refractivity contribution in [2.45, 2.75) is 25.5 Å². The Bertz CT molecular complexity index is 1090. The molecular weight excluding hydrogens is 418 g/mol. The lowest BCUT2D eigenvalue weighted by atomic mass is 9.92. The molecule has 2 aliphatic rings. The van der Waals surface area contributed by atoms with Crippen molar-refractivity contribution in [3.05, 3.63) is 54.1 Å². The van der Waals surface area contributed by atoms with E-state index in [0.717, 1.165) is 4.90 Å². The molecule has 0 bridgehead atoms. The van der Waals surface area contributed by atoms with Gasteiger partial charge in [-0.3, -0.25) is 19.3 Å². The van der Waals surface area contributed by atoms with Gasteiger partial charge in [0, 0.05) is 11.8 Å². The number of fused-ring (bicyclic) bond motifs is 1. The van der Waals surface area contributed by atoms with Crippen LogP contribution < -0.4 is 20.1 Å². The standard InChI is InChI=1S/C22H21N3O7/c1-13(19(27)23-15-8-9-16-17(10-15)31-12-30-16)32-18(26)11-25-20(28)22(2,24-21(25)29)14-6-4-3-5-7-14/h3-10,13H,11-12H2,1-2H3,(H,23,27)(H,24,29)/t13-,22-/m1/s1. The second-order valence-electron chi connectivity index (χ2n) is 7.50. The van der Waals surface area contributed by atoms with Crippen molar-refractivity contribution in [1.29, 1.82) is 0 Å². The zero-order valence-corrected chi connectivity index (χ0v) is 17.4. The zero-order chi connectivity index (χ0) is 22.9. The number of hydrogen-bond acceptors (Lipinski definition) is 7. The van der Waals surface area contributed by atoms with Gasteiger partial charge in [-0.2, -0.15) is 0 Å². The van der Waals surface area contributed by atoms with Crippen LogP contribution in [0.2, 0.25) is 0 Å². The Labute approximate surface area is 183 Å². The minimum absolute atomic E-state index is 0.104. The van der Waals surface area contributed by atoms with E-state index in [1.54, 1.807) is 55.5 Å². The van der Waals surface area contributed by atoms with Crippen LogP contribution in [0.1, 0.15) is 19.4 Å². The first-order valence-electron chi connectivity index (χ1n) is 9.87. The molecule has 0 saturated carbocycles. The first kappa shape index (κ1) is 21.2. The summed E-state index contributed by atoms with van der Waals surface area (Å²) in [6, 6.07) is 12.9. The van der Waals surface area contributed by atoms with Crippen molar-refractivity contribution >= 4 is 29.5 Å². The van der Waals surface area contributed by atoms with Gasteiger partial charge < -0.3 is 24.8 Å². The van der Waals surface area contributed by atoms with Gasteiger partial charge in [-0.25, -0.2) is 4.79 Å². The Balaban J connectivity index is 1.35. The van der Waals surface area contributed by atoms with Gasteiger partial charge in [0.25, 0.3) is 11.8 Å². The number of imide groups is 1. The first-order chi connectivity index (χ1) is 15.3. The summed E-state index contributed by atoms with van der Waals surface area (Å²) in [5, 5.41) is 5.22. The maximum absolute atomic E-state index is 12.9. The topological polar surface area (TPSA) is 123 Å². The SMILES string of the molecule is C[C@@H](OC(=O)CN1C(=O)N[C@](C)(c2ccccc2)C1=O)C(=O)Nc1ccc2c(c1)OCO2. The first-order valence-corrected chi connectivity index (χ1v) is 9.87. The van der Waals surface area contributed by atoms with Crippen molar-refractivity contribution in [3.8, 4) is 11.5 Å². The number of carbonyl (C=O) groups excluding carboxylic acids is 4. The summed E-state index contributed by atoms with van der Waals surface area (Å²) in [5.41, 5.74) is -0.262. The highest BCUT2D eigenvalue weighted by atomic mass is 16.7. The molecule has 4 rings (SSSR count). The molecular formula is C22H21N3O7. The Morgan fingerprint density at radius 2 is 1.88 bits per heavy atom. The summed E-state index contributed by atoms with van der Waals surface area (Å²) in [6.45, 7) is 2.44. The van der Waals surface area contributed by atoms with E-state index < -0.39 is 42.0 Å². The molecule has 166 valence electrons. The van der Waals surface area contributed by atoms with Crippen LogP contribution in [-0.2, 0) is 24.7 Å². The average Bonchev–Trinajstić information content (AvgIpc) is 3.32. The lowest BCUT2D eigenvalue weighted by Gasteiger charge is -2.22. The maximum Gasteiger partial charge on any atom is 0.327 e. The molecule has 0 unspecified atom stereocenters. The quantitative estimate of drug-likeness (QED) is 0.519. The molecule has 2 aromatic rings. The maximum atomic E-state index is 12.9. The van der Waals surface area contributed by atoms with Gasteiger partial charge in [0.15, 0.2) is 17.6 Å². The zero-order valence-electron chi connectivity index (χ0n) is 17.4. The number of anilines is 1. The molecule has 2 aliphatic heterocycles. The number of urea groups is 1. The van der Waals surface area contributed by atoms with Gasteiger partial charge in [-0.15, -0.1) is 0 Å². The van der Waals surface area contributed by atoms with E-state index >= 15 is 0 Å². The molecule has 10 nitrogen and oxygen atoms in total.